The van der Waals surface area contributed by atoms with Crippen LogP contribution in [-0.2, 0) is 6.54 Å². The average molecular weight is 361 g/mol. The van der Waals surface area contributed by atoms with Crippen LogP contribution in [0.3, 0.4) is 0 Å². The van der Waals surface area contributed by atoms with Crippen molar-refractivity contribution in [3.8, 4) is 5.75 Å². The summed E-state index contributed by atoms with van der Waals surface area (Å²) in [6.45, 7) is 0.657. The monoisotopic (exact) mass is 360 g/mol. The van der Waals surface area contributed by atoms with Gasteiger partial charge < -0.3 is 15.4 Å². The minimum absolute atomic E-state index is 0.450. The van der Waals surface area contributed by atoms with Gasteiger partial charge in [-0.15, -0.1) is 0 Å². The van der Waals surface area contributed by atoms with E-state index in [1.54, 1.807) is 12.1 Å². The van der Waals surface area contributed by atoms with Crippen LogP contribution in [-0.4, -0.2) is 29.4 Å². The number of rotatable bonds is 4. The van der Waals surface area contributed by atoms with Crippen molar-refractivity contribution in [2.45, 2.75) is 6.54 Å². The van der Waals surface area contributed by atoms with E-state index >= 15 is 0 Å². The van der Waals surface area contributed by atoms with E-state index in [0.29, 0.717) is 16.8 Å². The Labute approximate surface area is 153 Å². The Morgan fingerprint density at radius 3 is 2.33 bits per heavy atom. The summed E-state index contributed by atoms with van der Waals surface area (Å²) in [4.78, 5) is 0. The third kappa shape index (κ3) is 5.68. The summed E-state index contributed by atoms with van der Waals surface area (Å²) < 4.78 is 5.12. The highest BCUT2D eigenvalue weighted by atomic mass is 32.1. The summed E-state index contributed by atoms with van der Waals surface area (Å²) in [5.74, 6) is 0.794. The second-order valence-electron chi connectivity index (χ2n) is 5.00. The third-order valence-corrected chi connectivity index (χ3v) is 3.82. The number of thiocarbonyl (C=S) groups is 2. The zero-order valence-corrected chi connectivity index (χ0v) is 15.2. The molecule has 0 radical (unpaired) electrons. The molecule has 2 aromatic rings. The molecule has 24 heavy (non-hydrogen) atoms. The highest BCUT2D eigenvalue weighted by Gasteiger charge is 2.06. The zero-order valence-electron chi connectivity index (χ0n) is 13.6. The van der Waals surface area contributed by atoms with Crippen LogP contribution in [0, 0.1) is 0 Å². The SMILES string of the molecule is COc1ccc(NC(=S)NN(C)C(=S)NCc2ccccc2)cc1. The molecule has 2 rings (SSSR count). The van der Waals surface area contributed by atoms with Crippen LogP contribution in [0.4, 0.5) is 5.69 Å². The van der Waals surface area contributed by atoms with Gasteiger partial charge in [-0.1, -0.05) is 30.3 Å². The number of methoxy groups -OCH3 is 1. The number of nitrogens with zero attached hydrogens (tertiary/aromatic N) is 1. The fraction of sp³-hybridized carbons (Fsp3) is 0.176. The molecule has 126 valence electrons. The molecule has 0 unspecified atom stereocenters. The predicted octanol–water partition coefficient (Wildman–Crippen LogP) is 2.90. The molecule has 0 aliphatic heterocycles. The van der Waals surface area contributed by atoms with Crippen molar-refractivity contribution in [1.82, 2.24) is 15.8 Å². The van der Waals surface area contributed by atoms with Gasteiger partial charge in [-0.25, -0.2) is 0 Å². The molecule has 5 nitrogen and oxygen atoms in total. The standard InChI is InChI=1S/C17H20N4OS2/c1-21(17(24)18-12-13-6-4-3-5-7-13)20-16(23)19-14-8-10-15(22-2)11-9-14/h3-11H,12H2,1-2H3,(H,18,24)(H2,19,20,23). The Morgan fingerprint density at radius 1 is 1.04 bits per heavy atom. The molecule has 0 spiro atoms. The van der Waals surface area contributed by atoms with Crippen molar-refractivity contribution in [3.05, 3.63) is 60.2 Å². The first-order valence-corrected chi connectivity index (χ1v) is 8.17. The van der Waals surface area contributed by atoms with Gasteiger partial charge >= 0.3 is 0 Å². The molecule has 0 heterocycles. The minimum Gasteiger partial charge on any atom is -0.497 e. The second-order valence-corrected chi connectivity index (χ2v) is 5.79. The van der Waals surface area contributed by atoms with Crippen molar-refractivity contribution in [3.63, 3.8) is 0 Å². The Morgan fingerprint density at radius 2 is 1.71 bits per heavy atom. The van der Waals surface area contributed by atoms with E-state index in [2.05, 4.69) is 16.1 Å². The number of hydrogen-bond acceptors (Lipinski definition) is 3. The molecule has 0 saturated carbocycles. The van der Waals surface area contributed by atoms with Crippen molar-refractivity contribution in [1.29, 1.82) is 0 Å². The normalized spacial score (nSPS) is 9.75. The molecule has 0 saturated heterocycles. The van der Waals surface area contributed by atoms with Crippen LogP contribution in [0.15, 0.2) is 54.6 Å². The molecule has 0 amide bonds. The van der Waals surface area contributed by atoms with Crippen LogP contribution < -0.4 is 20.8 Å². The van der Waals surface area contributed by atoms with E-state index in [0.717, 1.165) is 17.0 Å². The molecule has 0 bridgehead atoms. The molecule has 0 aliphatic carbocycles. The van der Waals surface area contributed by atoms with Crippen LogP contribution in [0.25, 0.3) is 0 Å². The van der Waals surface area contributed by atoms with Crippen molar-refractivity contribution < 1.29 is 4.74 Å². The van der Waals surface area contributed by atoms with Gasteiger partial charge in [0, 0.05) is 19.3 Å². The highest BCUT2D eigenvalue weighted by molar-refractivity contribution is 7.80. The van der Waals surface area contributed by atoms with Crippen LogP contribution in [0.2, 0.25) is 0 Å². The second kappa shape index (κ2) is 9.05. The Bertz CT molecular complexity index is 677. The maximum atomic E-state index is 5.34. The number of ether oxygens (including phenoxy) is 1. The lowest BCUT2D eigenvalue weighted by Gasteiger charge is -2.23. The van der Waals surface area contributed by atoms with E-state index in [1.165, 1.54) is 0 Å². The van der Waals surface area contributed by atoms with Crippen LogP contribution in [0.1, 0.15) is 5.56 Å². The number of hydrazine groups is 1. The number of anilines is 1. The van der Waals surface area contributed by atoms with E-state index in [4.69, 9.17) is 29.2 Å². The zero-order chi connectivity index (χ0) is 17.4. The minimum atomic E-state index is 0.450. The summed E-state index contributed by atoms with van der Waals surface area (Å²) in [5.41, 5.74) is 5.04. The molecular formula is C17H20N4OS2. The maximum absolute atomic E-state index is 5.34. The fourth-order valence-electron chi connectivity index (χ4n) is 1.93. The number of hydrogen-bond donors (Lipinski definition) is 3. The van der Waals surface area contributed by atoms with E-state index in [9.17, 15) is 0 Å². The topological polar surface area (TPSA) is 48.6 Å². The fourth-order valence-corrected chi connectivity index (χ4v) is 2.30. The van der Waals surface area contributed by atoms with E-state index < -0.39 is 0 Å². The Hall–Kier alpha value is -2.38. The van der Waals surface area contributed by atoms with Crippen LogP contribution in [0.5, 0.6) is 5.75 Å². The molecule has 0 aliphatic rings. The smallest absolute Gasteiger partial charge is 0.189 e. The number of benzene rings is 2. The summed E-state index contributed by atoms with van der Waals surface area (Å²) in [7, 11) is 3.44. The van der Waals surface area contributed by atoms with Gasteiger partial charge in [-0.3, -0.25) is 10.4 Å². The molecular weight excluding hydrogens is 340 g/mol. The Balaban J connectivity index is 1.78. The predicted molar refractivity (Wildman–Crippen MR) is 106 cm³/mol. The summed E-state index contributed by atoms with van der Waals surface area (Å²) in [5, 5.41) is 8.93. The largest absolute Gasteiger partial charge is 0.497 e. The Kier molecular flexibility index (Phi) is 6.77. The highest BCUT2D eigenvalue weighted by Crippen LogP contribution is 2.14. The molecule has 2 aromatic carbocycles. The van der Waals surface area contributed by atoms with E-state index in [1.807, 2.05) is 61.6 Å². The van der Waals surface area contributed by atoms with Gasteiger partial charge in [0.1, 0.15) is 5.75 Å². The van der Waals surface area contributed by atoms with Gasteiger partial charge in [-0.05, 0) is 54.3 Å². The van der Waals surface area contributed by atoms with Crippen LogP contribution >= 0.6 is 24.4 Å². The van der Waals surface area contributed by atoms with Crippen molar-refractivity contribution in [2.75, 3.05) is 19.5 Å². The number of nitrogens with one attached hydrogen (secondary N) is 3. The molecule has 3 N–H and O–H groups in total. The first-order chi connectivity index (χ1) is 11.6. The maximum Gasteiger partial charge on any atom is 0.189 e. The quantitative estimate of drug-likeness (QED) is 0.572. The average Bonchev–Trinajstić information content (AvgIpc) is 2.61. The van der Waals surface area contributed by atoms with Crippen molar-refractivity contribution in [2.24, 2.45) is 0 Å². The lowest BCUT2D eigenvalue weighted by atomic mass is 10.2. The van der Waals surface area contributed by atoms with Gasteiger partial charge in [0.15, 0.2) is 10.2 Å². The van der Waals surface area contributed by atoms with Gasteiger partial charge in [0.25, 0.3) is 0 Å². The lowest BCUT2D eigenvalue weighted by Crippen LogP contribution is -2.49. The summed E-state index contributed by atoms with van der Waals surface area (Å²) in [6.07, 6.45) is 0. The van der Waals surface area contributed by atoms with Gasteiger partial charge in [0.2, 0.25) is 0 Å². The molecule has 7 heteroatoms. The molecule has 0 fully saturated rings. The van der Waals surface area contributed by atoms with Gasteiger partial charge in [-0.2, -0.15) is 0 Å². The van der Waals surface area contributed by atoms with E-state index in [-0.39, 0.29) is 0 Å². The first kappa shape index (κ1) is 18.0. The lowest BCUT2D eigenvalue weighted by molar-refractivity contribution is 0.415. The third-order valence-electron chi connectivity index (χ3n) is 3.21. The van der Waals surface area contributed by atoms with Gasteiger partial charge in [0.05, 0.1) is 7.11 Å². The van der Waals surface area contributed by atoms with Crippen molar-refractivity contribution >= 4 is 40.3 Å². The summed E-state index contributed by atoms with van der Waals surface area (Å²) in [6, 6.07) is 17.6. The molecule has 0 atom stereocenters. The summed E-state index contributed by atoms with van der Waals surface area (Å²) >= 11 is 10.6. The molecule has 0 aromatic heterocycles. The first-order valence-electron chi connectivity index (χ1n) is 7.35.